The topological polar surface area (TPSA) is 96.7 Å². The fourth-order valence-electron chi connectivity index (χ4n) is 2.46. The average molecular weight is 280 g/mol. The number of rotatable bonds is 2. The minimum atomic E-state index is -0.939. The molecule has 2 amide bonds. The Morgan fingerprint density at radius 1 is 1.45 bits per heavy atom. The maximum Gasteiger partial charge on any atom is 0.407 e. The molecule has 2 N–H and O–H groups in total. The lowest BCUT2D eigenvalue weighted by Crippen LogP contribution is -2.37. The van der Waals surface area contributed by atoms with Crippen LogP contribution >= 0.6 is 0 Å². The normalized spacial score (nSPS) is 21.6. The van der Waals surface area contributed by atoms with Crippen molar-refractivity contribution in [2.24, 2.45) is 5.92 Å². The third-order valence-electron chi connectivity index (χ3n) is 3.62. The van der Waals surface area contributed by atoms with Crippen molar-refractivity contribution in [2.45, 2.75) is 19.5 Å². The smallest absolute Gasteiger partial charge is 0.407 e. The molecule has 0 radical (unpaired) electrons. The second-order valence-corrected chi connectivity index (χ2v) is 5.00. The quantitative estimate of drug-likeness (QED) is 0.815. The highest BCUT2D eigenvalue weighted by Gasteiger charge is 2.26. The van der Waals surface area contributed by atoms with E-state index in [0.29, 0.717) is 38.7 Å². The van der Waals surface area contributed by atoms with E-state index in [0.717, 1.165) is 12.1 Å². The lowest BCUT2D eigenvalue weighted by atomic mass is 10.1. The summed E-state index contributed by atoms with van der Waals surface area (Å²) in [7, 11) is 0. The van der Waals surface area contributed by atoms with Crippen molar-refractivity contribution >= 4 is 17.8 Å². The minimum absolute atomic E-state index is 0.0898. The third kappa shape index (κ3) is 2.46. The molecule has 1 aromatic heterocycles. The molecule has 0 aromatic carbocycles. The molecule has 20 heavy (non-hydrogen) atoms. The van der Waals surface area contributed by atoms with Crippen LogP contribution in [-0.2, 0) is 22.6 Å². The summed E-state index contributed by atoms with van der Waals surface area (Å²) in [5, 5.41) is 16.0. The van der Waals surface area contributed by atoms with Gasteiger partial charge in [-0.1, -0.05) is 0 Å². The molecule has 0 spiro atoms. The largest absolute Gasteiger partial charge is 0.465 e. The van der Waals surface area contributed by atoms with Crippen molar-refractivity contribution in [3.63, 3.8) is 0 Å². The lowest BCUT2D eigenvalue weighted by molar-refractivity contribution is -0.119. The standard InChI is InChI=1S/C12H16N4O4/c17-11(8-1-4-20-7-8)13-10-5-9-6-15(12(18)19)2-3-16(9)14-10/h5,8H,1-4,6-7H2,(H,18,19)(H,13,14,17). The van der Waals surface area contributed by atoms with Crippen molar-refractivity contribution in [3.05, 3.63) is 11.8 Å². The minimum Gasteiger partial charge on any atom is -0.465 e. The number of aromatic nitrogens is 2. The summed E-state index contributed by atoms with van der Waals surface area (Å²) < 4.78 is 6.92. The summed E-state index contributed by atoms with van der Waals surface area (Å²) in [6.45, 7) is 2.28. The Hall–Kier alpha value is -2.09. The molecule has 3 rings (SSSR count). The van der Waals surface area contributed by atoms with Gasteiger partial charge in [-0.15, -0.1) is 0 Å². The van der Waals surface area contributed by atoms with Gasteiger partial charge >= 0.3 is 6.09 Å². The fraction of sp³-hybridized carbons (Fsp3) is 0.583. The van der Waals surface area contributed by atoms with E-state index in [1.165, 1.54) is 4.90 Å². The summed E-state index contributed by atoms with van der Waals surface area (Å²) in [5.74, 6) is 0.265. The number of carbonyl (C=O) groups is 2. The maximum atomic E-state index is 12.0. The number of anilines is 1. The number of fused-ring (bicyclic) bond motifs is 1. The Morgan fingerprint density at radius 3 is 3.00 bits per heavy atom. The van der Waals surface area contributed by atoms with Crippen LogP contribution in [0.3, 0.4) is 0 Å². The first-order valence-electron chi connectivity index (χ1n) is 6.56. The molecule has 108 valence electrons. The molecule has 1 unspecified atom stereocenters. The Balaban J connectivity index is 1.67. The van der Waals surface area contributed by atoms with Gasteiger partial charge in [-0.05, 0) is 6.42 Å². The monoisotopic (exact) mass is 280 g/mol. The SMILES string of the molecule is O=C(Nc1cc2n(n1)CCN(C(=O)O)C2)C1CCOC1. The van der Waals surface area contributed by atoms with E-state index in [9.17, 15) is 9.59 Å². The Bertz CT molecular complexity index is 536. The maximum absolute atomic E-state index is 12.0. The first-order chi connectivity index (χ1) is 9.63. The van der Waals surface area contributed by atoms with Gasteiger partial charge in [0.25, 0.3) is 0 Å². The number of nitrogens with zero attached hydrogens (tertiary/aromatic N) is 3. The van der Waals surface area contributed by atoms with E-state index in [1.54, 1.807) is 10.7 Å². The van der Waals surface area contributed by atoms with Crippen molar-refractivity contribution in [1.82, 2.24) is 14.7 Å². The van der Waals surface area contributed by atoms with Crippen LogP contribution in [0.25, 0.3) is 0 Å². The van der Waals surface area contributed by atoms with Gasteiger partial charge in [0.15, 0.2) is 5.82 Å². The predicted molar refractivity (Wildman–Crippen MR) is 68.2 cm³/mol. The molecule has 1 aromatic rings. The van der Waals surface area contributed by atoms with Gasteiger partial charge < -0.3 is 20.1 Å². The van der Waals surface area contributed by atoms with E-state index in [4.69, 9.17) is 9.84 Å². The molecule has 0 aliphatic carbocycles. The van der Waals surface area contributed by atoms with Crippen LogP contribution in [0, 0.1) is 5.92 Å². The first-order valence-corrected chi connectivity index (χ1v) is 6.56. The van der Waals surface area contributed by atoms with Gasteiger partial charge in [0.2, 0.25) is 5.91 Å². The molecule has 3 heterocycles. The number of carboxylic acid groups (broad SMARTS) is 1. The van der Waals surface area contributed by atoms with Crippen molar-refractivity contribution in [3.8, 4) is 0 Å². The van der Waals surface area contributed by atoms with Crippen LogP contribution in [0.15, 0.2) is 6.07 Å². The number of amides is 2. The molecular formula is C12H16N4O4. The molecule has 0 saturated carbocycles. The zero-order valence-electron chi connectivity index (χ0n) is 10.9. The fourth-order valence-corrected chi connectivity index (χ4v) is 2.46. The highest BCUT2D eigenvalue weighted by molar-refractivity contribution is 5.91. The van der Waals surface area contributed by atoms with Gasteiger partial charge in [0, 0.05) is 19.2 Å². The summed E-state index contributed by atoms with van der Waals surface area (Å²) in [6, 6.07) is 1.73. The summed E-state index contributed by atoms with van der Waals surface area (Å²) in [6.07, 6.45) is -0.210. The molecule has 1 atom stereocenters. The highest BCUT2D eigenvalue weighted by Crippen LogP contribution is 2.19. The first kappa shape index (κ1) is 12.9. The second-order valence-electron chi connectivity index (χ2n) is 5.00. The lowest BCUT2D eigenvalue weighted by Gasteiger charge is -2.24. The van der Waals surface area contributed by atoms with Gasteiger partial charge in [-0.2, -0.15) is 5.10 Å². The zero-order chi connectivity index (χ0) is 14.1. The second kappa shape index (κ2) is 5.12. The molecular weight excluding hydrogens is 264 g/mol. The molecule has 8 heteroatoms. The van der Waals surface area contributed by atoms with Crippen molar-refractivity contribution in [2.75, 3.05) is 25.1 Å². The summed E-state index contributed by atoms with van der Waals surface area (Å²) >= 11 is 0. The number of ether oxygens (including phenoxy) is 1. The highest BCUT2D eigenvalue weighted by atomic mass is 16.5. The Morgan fingerprint density at radius 2 is 2.30 bits per heavy atom. The van der Waals surface area contributed by atoms with Crippen LogP contribution in [-0.4, -0.2) is 51.5 Å². The van der Waals surface area contributed by atoms with Crippen LogP contribution in [0.4, 0.5) is 10.6 Å². The number of carbonyl (C=O) groups excluding carboxylic acids is 1. The molecule has 2 aliphatic rings. The van der Waals surface area contributed by atoms with Crippen molar-refractivity contribution < 1.29 is 19.4 Å². The number of nitrogens with one attached hydrogen (secondary N) is 1. The van der Waals surface area contributed by atoms with Gasteiger partial charge in [-0.25, -0.2) is 4.79 Å². The number of hydrogen-bond acceptors (Lipinski definition) is 4. The summed E-state index contributed by atoms with van der Waals surface area (Å²) in [4.78, 5) is 24.2. The van der Waals surface area contributed by atoms with Gasteiger partial charge in [0.1, 0.15) is 0 Å². The Kier molecular flexibility index (Phi) is 3.31. The third-order valence-corrected chi connectivity index (χ3v) is 3.62. The van der Waals surface area contributed by atoms with Gasteiger partial charge in [0.05, 0.1) is 31.3 Å². The molecule has 2 aliphatic heterocycles. The summed E-state index contributed by atoms with van der Waals surface area (Å²) in [5.41, 5.74) is 0.789. The van der Waals surface area contributed by atoms with Crippen molar-refractivity contribution in [1.29, 1.82) is 0 Å². The van der Waals surface area contributed by atoms with Crippen LogP contribution < -0.4 is 5.32 Å². The number of hydrogen-bond donors (Lipinski definition) is 2. The average Bonchev–Trinajstić information content (AvgIpc) is 3.06. The predicted octanol–water partition coefficient (Wildman–Crippen LogP) is 0.352. The van der Waals surface area contributed by atoms with Gasteiger partial charge in [-0.3, -0.25) is 9.48 Å². The molecule has 8 nitrogen and oxygen atoms in total. The molecule has 1 saturated heterocycles. The van der Waals surface area contributed by atoms with Crippen LogP contribution in [0.5, 0.6) is 0 Å². The van der Waals surface area contributed by atoms with E-state index in [-0.39, 0.29) is 11.8 Å². The van der Waals surface area contributed by atoms with E-state index < -0.39 is 6.09 Å². The van der Waals surface area contributed by atoms with Crippen LogP contribution in [0.2, 0.25) is 0 Å². The van der Waals surface area contributed by atoms with E-state index in [1.807, 2.05) is 0 Å². The van der Waals surface area contributed by atoms with Crippen LogP contribution in [0.1, 0.15) is 12.1 Å². The Labute approximate surface area is 115 Å². The molecule has 0 bridgehead atoms. The zero-order valence-corrected chi connectivity index (χ0v) is 10.9. The van der Waals surface area contributed by atoms with E-state index >= 15 is 0 Å². The van der Waals surface area contributed by atoms with E-state index in [2.05, 4.69) is 10.4 Å². The molecule has 1 fully saturated rings.